The van der Waals surface area contributed by atoms with Gasteiger partial charge in [0.25, 0.3) is 0 Å². The molecule has 1 aromatic heterocycles. The van der Waals surface area contributed by atoms with E-state index in [0.29, 0.717) is 16.8 Å². The molecule has 0 amide bonds. The first-order valence-electron chi connectivity index (χ1n) is 9.69. The van der Waals surface area contributed by atoms with Crippen LogP contribution in [0.25, 0.3) is 22.4 Å². The number of halogens is 4. The molecule has 0 bridgehead atoms. The first-order chi connectivity index (χ1) is 15.7. The zero-order valence-electron chi connectivity index (χ0n) is 16.9. The molecule has 4 aromatic rings. The third-order valence-corrected chi connectivity index (χ3v) is 4.91. The summed E-state index contributed by atoms with van der Waals surface area (Å²) in [6.07, 6.45) is -3.30. The van der Waals surface area contributed by atoms with Crippen molar-refractivity contribution in [2.24, 2.45) is 0 Å². The maximum absolute atomic E-state index is 14.1. The Morgan fingerprint density at radius 3 is 2.36 bits per heavy atom. The molecule has 1 heterocycles. The molecule has 168 valence electrons. The second-order valence-corrected chi connectivity index (χ2v) is 7.12. The number of aromatic carboxylic acids is 1. The van der Waals surface area contributed by atoms with Gasteiger partial charge in [0, 0.05) is 5.56 Å². The topological polar surface area (TPSA) is 75.2 Å². The minimum Gasteiger partial charge on any atom is -0.489 e. The molecule has 0 atom stereocenters. The van der Waals surface area contributed by atoms with E-state index in [4.69, 9.17) is 9.84 Å². The Bertz CT molecular complexity index is 1300. The van der Waals surface area contributed by atoms with Gasteiger partial charge in [-0.3, -0.25) is 0 Å². The van der Waals surface area contributed by atoms with E-state index in [2.05, 4.69) is 9.97 Å². The molecule has 0 fully saturated rings. The van der Waals surface area contributed by atoms with Crippen LogP contribution in [0.5, 0.6) is 5.75 Å². The van der Waals surface area contributed by atoms with E-state index in [1.165, 1.54) is 36.5 Å². The van der Waals surface area contributed by atoms with Crippen molar-refractivity contribution in [1.82, 2.24) is 9.97 Å². The van der Waals surface area contributed by atoms with Crippen molar-refractivity contribution in [1.29, 1.82) is 0 Å². The Labute approximate surface area is 185 Å². The number of ether oxygens (including phenoxy) is 1. The summed E-state index contributed by atoms with van der Waals surface area (Å²) in [4.78, 5) is 17.4. The van der Waals surface area contributed by atoms with E-state index < -0.39 is 23.5 Å². The Hall–Kier alpha value is -4.14. The molecular weight excluding hydrogens is 440 g/mol. The van der Waals surface area contributed by atoms with Crippen LogP contribution in [0.1, 0.15) is 21.7 Å². The van der Waals surface area contributed by atoms with Crippen LogP contribution in [-0.2, 0) is 12.8 Å². The quantitative estimate of drug-likeness (QED) is 0.340. The molecule has 2 N–H and O–H groups in total. The monoisotopic (exact) mass is 456 g/mol. The van der Waals surface area contributed by atoms with Crippen LogP contribution < -0.4 is 4.74 Å². The number of nitrogens with zero attached hydrogens (tertiary/aromatic N) is 1. The number of H-pyrrole nitrogens is 1. The Morgan fingerprint density at radius 2 is 1.73 bits per heavy atom. The molecule has 4 rings (SSSR count). The highest BCUT2D eigenvalue weighted by atomic mass is 19.4. The lowest BCUT2D eigenvalue weighted by molar-refractivity contribution is -0.137. The van der Waals surface area contributed by atoms with Crippen molar-refractivity contribution in [3.05, 3.63) is 95.7 Å². The highest BCUT2D eigenvalue weighted by Gasteiger charge is 2.34. The zero-order valence-corrected chi connectivity index (χ0v) is 16.9. The van der Waals surface area contributed by atoms with E-state index in [1.54, 1.807) is 24.3 Å². The lowest BCUT2D eigenvalue weighted by Gasteiger charge is -2.16. The fraction of sp³-hybridized carbons (Fsp3) is 0.0833. The van der Waals surface area contributed by atoms with Crippen molar-refractivity contribution in [3.8, 4) is 28.1 Å². The van der Waals surface area contributed by atoms with Crippen LogP contribution in [0.2, 0.25) is 0 Å². The van der Waals surface area contributed by atoms with Crippen molar-refractivity contribution < 1.29 is 32.2 Å². The number of aromatic amines is 1. The second kappa shape index (κ2) is 8.78. The van der Waals surface area contributed by atoms with Gasteiger partial charge in [0.2, 0.25) is 5.82 Å². The van der Waals surface area contributed by atoms with Gasteiger partial charge in [-0.25, -0.2) is 14.2 Å². The van der Waals surface area contributed by atoms with E-state index in [0.717, 1.165) is 12.1 Å². The molecule has 0 aliphatic heterocycles. The number of carbonyl (C=O) groups is 1. The number of carboxylic acids is 1. The molecule has 3 aromatic carbocycles. The maximum Gasteiger partial charge on any atom is 0.417 e. The number of aromatic nitrogens is 2. The van der Waals surface area contributed by atoms with Crippen LogP contribution in [-0.4, -0.2) is 21.0 Å². The van der Waals surface area contributed by atoms with E-state index in [9.17, 15) is 22.4 Å². The average molecular weight is 456 g/mol. The molecule has 0 spiro atoms. The molecule has 0 aliphatic rings. The SMILES string of the molecule is O=C(O)c1ncc(-c2ccc(COc3ccc(-c4ccccc4F)c(C(F)(F)F)c3)cc2)[nH]1. The number of hydrogen-bond donors (Lipinski definition) is 2. The van der Waals surface area contributed by atoms with Crippen molar-refractivity contribution in [2.75, 3.05) is 0 Å². The second-order valence-electron chi connectivity index (χ2n) is 7.12. The fourth-order valence-corrected chi connectivity index (χ4v) is 3.29. The largest absolute Gasteiger partial charge is 0.489 e. The summed E-state index contributed by atoms with van der Waals surface area (Å²) in [5, 5.41) is 8.93. The average Bonchev–Trinajstić information content (AvgIpc) is 3.29. The normalized spacial score (nSPS) is 11.4. The van der Waals surface area contributed by atoms with Crippen LogP contribution >= 0.6 is 0 Å². The summed E-state index contributed by atoms with van der Waals surface area (Å²) in [6, 6.07) is 15.5. The number of benzene rings is 3. The predicted octanol–water partition coefficient (Wildman–Crippen LogP) is 6.18. The van der Waals surface area contributed by atoms with Gasteiger partial charge < -0.3 is 14.8 Å². The predicted molar refractivity (Wildman–Crippen MR) is 112 cm³/mol. The summed E-state index contributed by atoms with van der Waals surface area (Å²) in [5.41, 5.74) is 0.484. The van der Waals surface area contributed by atoms with Crippen molar-refractivity contribution >= 4 is 5.97 Å². The van der Waals surface area contributed by atoms with E-state index in [-0.39, 0.29) is 29.3 Å². The molecule has 0 radical (unpaired) electrons. The van der Waals surface area contributed by atoms with Gasteiger partial charge in [0.1, 0.15) is 18.2 Å². The number of nitrogens with one attached hydrogen (secondary N) is 1. The Morgan fingerprint density at radius 1 is 1.00 bits per heavy atom. The number of hydrogen-bond acceptors (Lipinski definition) is 3. The molecule has 5 nitrogen and oxygen atoms in total. The summed E-state index contributed by atoms with van der Waals surface area (Å²) < 4.78 is 60.5. The maximum atomic E-state index is 14.1. The number of alkyl halides is 3. The highest BCUT2D eigenvalue weighted by molar-refractivity contribution is 5.84. The van der Waals surface area contributed by atoms with E-state index in [1.807, 2.05) is 0 Å². The summed E-state index contributed by atoms with van der Waals surface area (Å²) in [5.74, 6) is -2.11. The summed E-state index contributed by atoms with van der Waals surface area (Å²) in [6.45, 7) is -0.0000258. The third kappa shape index (κ3) is 4.87. The lowest BCUT2D eigenvalue weighted by Crippen LogP contribution is -2.08. The molecule has 0 saturated carbocycles. The van der Waals surface area contributed by atoms with Crippen LogP contribution in [0.15, 0.2) is 72.9 Å². The fourth-order valence-electron chi connectivity index (χ4n) is 3.29. The van der Waals surface area contributed by atoms with Gasteiger partial charge in [-0.1, -0.05) is 42.5 Å². The molecule has 33 heavy (non-hydrogen) atoms. The van der Waals surface area contributed by atoms with Crippen LogP contribution in [0, 0.1) is 5.82 Å². The first-order valence-corrected chi connectivity index (χ1v) is 9.69. The Balaban J connectivity index is 1.52. The Kier molecular flexibility index (Phi) is 5.87. The summed E-state index contributed by atoms with van der Waals surface area (Å²) in [7, 11) is 0. The van der Waals surface area contributed by atoms with Gasteiger partial charge in [-0.2, -0.15) is 13.2 Å². The minimum absolute atomic E-state index is 0.0000258. The van der Waals surface area contributed by atoms with Crippen LogP contribution in [0.3, 0.4) is 0 Å². The van der Waals surface area contributed by atoms with Gasteiger partial charge in [0.15, 0.2) is 0 Å². The van der Waals surface area contributed by atoms with Gasteiger partial charge in [0.05, 0.1) is 17.5 Å². The smallest absolute Gasteiger partial charge is 0.417 e. The third-order valence-electron chi connectivity index (χ3n) is 4.91. The molecule has 0 aliphatic carbocycles. The molecular formula is C24H16F4N2O3. The summed E-state index contributed by atoms with van der Waals surface area (Å²) >= 11 is 0. The van der Waals surface area contributed by atoms with Crippen molar-refractivity contribution in [3.63, 3.8) is 0 Å². The minimum atomic E-state index is -4.70. The number of rotatable bonds is 6. The van der Waals surface area contributed by atoms with Gasteiger partial charge in [-0.05, 0) is 41.0 Å². The van der Waals surface area contributed by atoms with Crippen LogP contribution in [0.4, 0.5) is 17.6 Å². The number of imidazole rings is 1. The van der Waals surface area contributed by atoms with Gasteiger partial charge >= 0.3 is 12.1 Å². The molecule has 0 unspecified atom stereocenters. The number of carboxylic acid groups (broad SMARTS) is 1. The van der Waals surface area contributed by atoms with Crippen molar-refractivity contribution in [2.45, 2.75) is 12.8 Å². The zero-order chi connectivity index (χ0) is 23.6. The molecule has 0 saturated heterocycles. The highest BCUT2D eigenvalue weighted by Crippen LogP contribution is 2.40. The standard InChI is InChI=1S/C24H16F4N2O3/c25-20-4-2-1-3-18(20)17-10-9-16(11-19(17)24(26,27)28)33-13-14-5-7-15(8-6-14)21-12-29-22(30-21)23(31)32/h1-12H,13H2,(H,29,30)(H,31,32). The first kappa shape index (κ1) is 22.1. The lowest BCUT2D eigenvalue weighted by atomic mass is 9.98. The van der Waals surface area contributed by atoms with Gasteiger partial charge in [-0.15, -0.1) is 0 Å². The molecule has 9 heteroatoms. The van der Waals surface area contributed by atoms with E-state index >= 15 is 0 Å².